The molecule has 37 heavy (non-hydrogen) atoms. The first-order chi connectivity index (χ1) is 17.1. The molecule has 1 saturated heterocycles. The third-order valence-corrected chi connectivity index (χ3v) is 18.3. The van der Waals surface area contributed by atoms with Crippen molar-refractivity contribution in [2.24, 2.45) is 34.5 Å². The molecule has 0 aromatic carbocycles. The third kappa shape index (κ3) is 4.43. The second-order valence-corrected chi connectivity index (χ2v) is 20.5. The first-order valence-corrected chi connectivity index (χ1v) is 17.6. The summed E-state index contributed by atoms with van der Waals surface area (Å²) >= 11 is 0. The minimum absolute atomic E-state index is 0.0131. The Bertz CT molecular complexity index is 784. The second kappa shape index (κ2) is 10.1. The zero-order valence-corrected chi connectivity index (χ0v) is 26.7. The molecule has 3 saturated carbocycles. The summed E-state index contributed by atoms with van der Waals surface area (Å²) in [6.45, 7) is 25.9. The van der Waals surface area contributed by atoms with Crippen molar-refractivity contribution in [2.75, 3.05) is 6.61 Å². The molecule has 0 amide bonds. The van der Waals surface area contributed by atoms with E-state index < -0.39 is 26.3 Å². The van der Waals surface area contributed by atoms with Crippen LogP contribution in [-0.4, -0.2) is 55.3 Å². The summed E-state index contributed by atoms with van der Waals surface area (Å²) in [5.74, 6) is 0.198. The van der Waals surface area contributed by atoms with Crippen molar-refractivity contribution in [1.29, 1.82) is 0 Å². The molecular formula is C31H58O5Si. The van der Waals surface area contributed by atoms with Gasteiger partial charge in [0.1, 0.15) is 0 Å². The molecule has 0 aromatic heterocycles. The van der Waals surface area contributed by atoms with E-state index in [0.29, 0.717) is 22.5 Å². The Kier molecular flexibility index (Phi) is 8.21. The van der Waals surface area contributed by atoms with Crippen LogP contribution in [0.5, 0.6) is 0 Å². The van der Waals surface area contributed by atoms with Crippen molar-refractivity contribution < 1.29 is 24.1 Å². The maximum absolute atomic E-state index is 11.8. The molecule has 4 rings (SSSR count). The zero-order valence-electron chi connectivity index (χ0n) is 25.7. The zero-order chi connectivity index (χ0) is 27.7. The molecule has 1 heterocycles. The summed E-state index contributed by atoms with van der Waals surface area (Å²) in [5, 5.41) is 23.0. The fraction of sp³-hybridized carbons (Fsp3) is 1.00. The maximum Gasteiger partial charge on any atom is 0.200 e. The number of hydrogen-bond donors (Lipinski definition) is 2. The van der Waals surface area contributed by atoms with E-state index >= 15 is 0 Å². The predicted octanol–water partition coefficient (Wildman–Crippen LogP) is 6.91. The van der Waals surface area contributed by atoms with Gasteiger partial charge in [-0.3, -0.25) is 0 Å². The Balaban J connectivity index is 1.70. The topological polar surface area (TPSA) is 68.2 Å². The molecule has 2 N–H and O–H groups in total. The average molecular weight is 539 g/mol. The maximum atomic E-state index is 11.8. The molecule has 10 atom stereocenters. The Labute approximate surface area is 228 Å². The highest BCUT2D eigenvalue weighted by atomic mass is 28.4. The first-order valence-electron chi connectivity index (χ1n) is 15.4. The van der Waals surface area contributed by atoms with Crippen molar-refractivity contribution in [3.05, 3.63) is 0 Å². The van der Waals surface area contributed by atoms with Crippen LogP contribution < -0.4 is 0 Å². The average Bonchev–Trinajstić information content (AvgIpc) is 3.09. The van der Waals surface area contributed by atoms with E-state index in [9.17, 15) is 10.2 Å². The summed E-state index contributed by atoms with van der Waals surface area (Å²) in [6.07, 6.45) is 3.67. The molecule has 4 aliphatic rings. The van der Waals surface area contributed by atoms with Crippen molar-refractivity contribution in [2.45, 2.75) is 155 Å². The van der Waals surface area contributed by atoms with Gasteiger partial charge in [-0.15, -0.1) is 0 Å². The van der Waals surface area contributed by atoms with Gasteiger partial charge in [0.2, 0.25) is 0 Å². The van der Waals surface area contributed by atoms with Crippen molar-refractivity contribution >= 4 is 8.32 Å². The van der Waals surface area contributed by atoms with Gasteiger partial charge in [-0.25, -0.2) is 0 Å². The molecular weight excluding hydrogens is 480 g/mol. The molecule has 0 radical (unpaired) electrons. The summed E-state index contributed by atoms with van der Waals surface area (Å²) < 4.78 is 20.4. The van der Waals surface area contributed by atoms with Gasteiger partial charge in [-0.05, 0) is 78.8 Å². The van der Waals surface area contributed by atoms with Crippen LogP contribution in [0.4, 0.5) is 0 Å². The summed E-state index contributed by atoms with van der Waals surface area (Å²) in [4.78, 5) is 0. The summed E-state index contributed by atoms with van der Waals surface area (Å²) in [6, 6.07) is 0. The fourth-order valence-corrected chi connectivity index (χ4v) is 16.0. The van der Waals surface area contributed by atoms with Gasteiger partial charge >= 0.3 is 0 Å². The lowest BCUT2D eigenvalue weighted by Crippen LogP contribution is -2.67. The van der Waals surface area contributed by atoms with E-state index in [0.717, 1.165) is 38.7 Å². The summed E-state index contributed by atoms with van der Waals surface area (Å²) in [7, 11) is -2.06. The van der Waals surface area contributed by atoms with Crippen LogP contribution in [0.15, 0.2) is 0 Å². The molecule has 0 unspecified atom stereocenters. The van der Waals surface area contributed by atoms with E-state index in [-0.39, 0.29) is 40.8 Å². The van der Waals surface area contributed by atoms with Crippen LogP contribution in [0, 0.1) is 34.5 Å². The minimum Gasteiger partial charge on any atom is -0.415 e. The Hall–Kier alpha value is 0.0169. The van der Waals surface area contributed by atoms with Crippen molar-refractivity contribution in [3.63, 3.8) is 0 Å². The van der Waals surface area contributed by atoms with E-state index in [2.05, 4.69) is 76.2 Å². The van der Waals surface area contributed by atoms with Gasteiger partial charge < -0.3 is 24.1 Å². The largest absolute Gasteiger partial charge is 0.415 e. The standard InChI is InChI=1S/C31H58O5Si/c1-18(2)37(19(3)4,20(5)6)34-17-30-13-12-25-22(8)31(35-23(9)24(10)36-31)15-14-29(25,11)28(30)27(33)26(32)21(7)16-30/h18-28,32-33H,12-17H2,1-11H3/t21-,22+,23-,24-,25+,26-,27-,28-,29+,30+/m1/s1. The highest BCUT2D eigenvalue weighted by molar-refractivity contribution is 6.77. The van der Waals surface area contributed by atoms with Crippen molar-refractivity contribution in [3.8, 4) is 0 Å². The van der Waals surface area contributed by atoms with Crippen LogP contribution in [0.25, 0.3) is 0 Å². The van der Waals surface area contributed by atoms with Crippen LogP contribution in [-0.2, 0) is 13.9 Å². The van der Waals surface area contributed by atoms with E-state index in [4.69, 9.17) is 13.9 Å². The van der Waals surface area contributed by atoms with Gasteiger partial charge in [-0.2, -0.15) is 0 Å². The minimum atomic E-state index is -2.06. The lowest BCUT2D eigenvalue weighted by Gasteiger charge is -2.67. The number of fused-ring (bicyclic) bond motifs is 3. The Morgan fingerprint density at radius 3 is 1.89 bits per heavy atom. The van der Waals surface area contributed by atoms with Gasteiger partial charge in [0.05, 0.1) is 24.4 Å². The van der Waals surface area contributed by atoms with Gasteiger partial charge in [0, 0.05) is 24.9 Å². The lowest BCUT2D eigenvalue weighted by atomic mass is 9.41. The predicted molar refractivity (Wildman–Crippen MR) is 152 cm³/mol. The Morgan fingerprint density at radius 2 is 1.38 bits per heavy atom. The van der Waals surface area contributed by atoms with Gasteiger partial charge in [0.15, 0.2) is 14.1 Å². The number of rotatable bonds is 6. The molecule has 4 fully saturated rings. The van der Waals surface area contributed by atoms with Crippen LogP contribution >= 0.6 is 0 Å². The van der Waals surface area contributed by atoms with Crippen LogP contribution in [0.3, 0.4) is 0 Å². The lowest BCUT2D eigenvalue weighted by molar-refractivity contribution is -0.293. The molecule has 1 aliphatic heterocycles. The molecule has 0 aromatic rings. The molecule has 1 spiro atoms. The van der Waals surface area contributed by atoms with Crippen LogP contribution in [0.1, 0.15) is 108 Å². The van der Waals surface area contributed by atoms with E-state index in [1.807, 2.05) is 0 Å². The normalized spacial score (nSPS) is 46.1. The van der Waals surface area contributed by atoms with E-state index in [1.165, 1.54) is 0 Å². The second-order valence-electron chi connectivity index (χ2n) is 15.0. The third-order valence-electron chi connectivity index (χ3n) is 12.2. The summed E-state index contributed by atoms with van der Waals surface area (Å²) in [5.41, 5.74) is 1.39. The number of aliphatic hydroxyl groups is 2. The smallest absolute Gasteiger partial charge is 0.200 e. The number of aliphatic hydroxyl groups excluding tert-OH is 2. The highest BCUT2D eigenvalue weighted by Crippen LogP contribution is 2.68. The molecule has 5 nitrogen and oxygen atoms in total. The molecule has 6 heteroatoms. The van der Waals surface area contributed by atoms with Crippen molar-refractivity contribution in [1.82, 2.24) is 0 Å². The van der Waals surface area contributed by atoms with Gasteiger partial charge in [-0.1, -0.05) is 62.3 Å². The monoisotopic (exact) mass is 538 g/mol. The molecule has 216 valence electrons. The van der Waals surface area contributed by atoms with Gasteiger partial charge in [0.25, 0.3) is 0 Å². The molecule has 3 aliphatic carbocycles. The number of hydrogen-bond acceptors (Lipinski definition) is 5. The van der Waals surface area contributed by atoms with Crippen LogP contribution in [0.2, 0.25) is 16.6 Å². The fourth-order valence-electron chi connectivity index (χ4n) is 10.4. The first kappa shape index (κ1) is 30.0. The quantitative estimate of drug-likeness (QED) is 0.360. The Morgan fingerprint density at radius 1 is 0.838 bits per heavy atom. The highest BCUT2D eigenvalue weighted by Gasteiger charge is 2.68. The number of ether oxygens (including phenoxy) is 2. The molecule has 0 bridgehead atoms. The van der Waals surface area contributed by atoms with E-state index in [1.54, 1.807) is 0 Å². The SMILES string of the molecule is CC(C)[Si](OC[C@@]12CC[C@H]3[C@H](C)C4(CC[C@]3(C)[C@H]1[C@H](O)[C@H](O)[C@H](C)C2)O[C@H](C)[C@@H](C)O4)(C(C)C)C(C)C.